The van der Waals surface area contributed by atoms with Crippen LogP contribution in [0.2, 0.25) is 0 Å². The molecule has 27 heavy (non-hydrogen) atoms. The molecule has 2 aliphatic heterocycles. The Kier molecular flexibility index (Phi) is 4.81. The Balaban J connectivity index is 1.50. The lowest BCUT2D eigenvalue weighted by molar-refractivity contribution is -0.116. The van der Waals surface area contributed by atoms with Gasteiger partial charge in [-0.25, -0.2) is 0 Å². The standard InChI is InChI=1S/C22H25NO3S/c1-22(2)13-20(17-12-16(25-3)8-9-19(17)26-22)27-14-21(24)23-11-10-15-6-4-5-7-18(15)23/h4-9,12,20H,10-11,13-14H2,1-3H3. The van der Waals surface area contributed by atoms with Gasteiger partial charge < -0.3 is 14.4 Å². The molecule has 0 bridgehead atoms. The Morgan fingerprint density at radius 1 is 1.30 bits per heavy atom. The molecule has 142 valence electrons. The predicted octanol–water partition coefficient (Wildman–Crippen LogP) is 4.62. The van der Waals surface area contributed by atoms with E-state index < -0.39 is 0 Å². The van der Waals surface area contributed by atoms with Gasteiger partial charge in [0, 0.05) is 29.5 Å². The van der Waals surface area contributed by atoms with Crippen molar-refractivity contribution in [2.45, 2.75) is 37.5 Å². The first-order valence-corrected chi connectivity index (χ1v) is 10.4. The SMILES string of the molecule is COc1ccc2c(c1)C(SCC(=O)N1CCc3ccccc31)CC(C)(C)O2. The van der Waals surface area contributed by atoms with E-state index in [2.05, 4.69) is 19.9 Å². The van der Waals surface area contributed by atoms with Gasteiger partial charge in [0.25, 0.3) is 0 Å². The van der Waals surface area contributed by atoms with E-state index in [-0.39, 0.29) is 16.8 Å². The molecule has 0 fully saturated rings. The highest BCUT2D eigenvalue weighted by atomic mass is 32.2. The highest BCUT2D eigenvalue weighted by Gasteiger charge is 2.35. The average molecular weight is 384 g/mol. The summed E-state index contributed by atoms with van der Waals surface area (Å²) in [5.41, 5.74) is 3.20. The molecule has 2 heterocycles. The highest BCUT2D eigenvalue weighted by molar-refractivity contribution is 8.00. The van der Waals surface area contributed by atoms with Crippen LogP contribution in [0.15, 0.2) is 42.5 Å². The minimum absolute atomic E-state index is 0.179. The van der Waals surface area contributed by atoms with E-state index >= 15 is 0 Å². The van der Waals surface area contributed by atoms with Crippen molar-refractivity contribution in [1.82, 2.24) is 0 Å². The van der Waals surface area contributed by atoms with E-state index in [0.717, 1.165) is 42.1 Å². The monoisotopic (exact) mass is 383 g/mol. The van der Waals surface area contributed by atoms with Crippen LogP contribution >= 0.6 is 11.8 Å². The molecule has 0 spiro atoms. The Hall–Kier alpha value is -2.14. The number of ether oxygens (including phenoxy) is 2. The second-order valence-corrected chi connectivity index (χ2v) is 8.88. The van der Waals surface area contributed by atoms with Crippen LogP contribution < -0.4 is 14.4 Å². The number of anilines is 1. The minimum Gasteiger partial charge on any atom is -0.497 e. The lowest BCUT2D eigenvalue weighted by Gasteiger charge is -2.37. The van der Waals surface area contributed by atoms with Crippen molar-refractivity contribution in [3.05, 3.63) is 53.6 Å². The molecule has 4 nitrogen and oxygen atoms in total. The number of rotatable bonds is 4. The Bertz CT molecular complexity index is 864. The van der Waals surface area contributed by atoms with Gasteiger partial charge in [0.15, 0.2) is 0 Å². The van der Waals surface area contributed by atoms with Gasteiger partial charge in [-0.3, -0.25) is 4.79 Å². The summed E-state index contributed by atoms with van der Waals surface area (Å²) < 4.78 is 11.5. The maximum atomic E-state index is 12.9. The van der Waals surface area contributed by atoms with Crippen molar-refractivity contribution < 1.29 is 14.3 Å². The van der Waals surface area contributed by atoms with E-state index in [1.165, 1.54) is 5.56 Å². The maximum Gasteiger partial charge on any atom is 0.237 e. The van der Waals surface area contributed by atoms with Crippen LogP contribution in [0.3, 0.4) is 0 Å². The van der Waals surface area contributed by atoms with Gasteiger partial charge in [-0.2, -0.15) is 0 Å². The number of amides is 1. The molecule has 0 aliphatic carbocycles. The van der Waals surface area contributed by atoms with Gasteiger partial charge in [0.05, 0.1) is 12.9 Å². The average Bonchev–Trinajstić information content (AvgIpc) is 3.09. The Morgan fingerprint density at radius 2 is 2.11 bits per heavy atom. The second kappa shape index (κ2) is 7.12. The molecule has 0 aromatic heterocycles. The van der Waals surface area contributed by atoms with Gasteiger partial charge in [0.1, 0.15) is 17.1 Å². The molecule has 4 rings (SSSR count). The molecule has 0 saturated carbocycles. The van der Waals surface area contributed by atoms with Crippen LogP contribution in [0.1, 0.15) is 36.6 Å². The zero-order chi connectivity index (χ0) is 19.0. The van der Waals surface area contributed by atoms with Gasteiger partial charge in [-0.05, 0) is 50.1 Å². The third-order valence-electron chi connectivity index (χ3n) is 5.22. The summed E-state index contributed by atoms with van der Waals surface area (Å²) in [4.78, 5) is 14.8. The van der Waals surface area contributed by atoms with Crippen LogP contribution in [0.25, 0.3) is 0 Å². The van der Waals surface area contributed by atoms with Gasteiger partial charge in [-0.15, -0.1) is 11.8 Å². The summed E-state index contributed by atoms with van der Waals surface area (Å²) in [7, 11) is 1.67. The van der Waals surface area contributed by atoms with E-state index in [0.29, 0.717) is 5.75 Å². The summed E-state index contributed by atoms with van der Waals surface area (Å²) >= 11 is 1.70. The molecule has 5 heteroatoms. The number of carbonyl (C=O) groups excluding carboxylic acids is 1. The number of hydrogen-bond donors (Lipinski definition) is 0. The summed E-state index contributed by atoms with van der Waals surface area (Å²) in [5, 5.41) is 0.209. The summed E-state index contributed by atoms with van der Waals surface area (Å²) in [6.07, 6.45) is 1.80. The quantitative estimate of drug-likeness (QED) is 0.772. The van der Waals surface area contributed by atoms with Gasteiger partial charge in [0.2, 0.25) is 5.91 Å². The van der Waals surface area contributed by atoms with Crippen LogP contribution in [0.5, 0.6) is 11.5 Å². The molecule has 1 atom stereocenters. The first kappa shape index (κ1) is 18.2. The summed E-state index contributed by atoms with van der Waals surface area (Å²) in [6, 6.07) is 14.1. The normalized spacial score (nSPS) is 19.8. The fourth-order valence-corrected chi connectivity index (χ4v) is 5.27. The van der Waals surface area contributed by atoms with Crippen molar-refractivity contribution in [3.8, 4) is 11.5 Å². The number of para-hydroxylation sites is 1. The van der Waals surface area contributed by atoms with E-state index in [1.54, 1.807) is 18.9 Å². The number of fused-ring (bicyclic) bond motifs is 2. The largest absolute Gasteiger partial charge is 0.497 e. The topological polar surface area (TPSA) is 38.8 Å². The van der Waals surface area contributed by atoms with Crippen LogP contribution in [-0.2, 0) is 11.2 Å². The zero-order valence-corrected chi connectivity index (χ0v) is 16.8. The van der Waals surface area contributed by atoms with E-state index in [4.69, 9.17) is 9.47 Å². The number of nitrogens with zero attached hydrogens (tertiary/aromatic N) is 1. The first-order valence-electron chi connectivity index (χ1n) is 9.34. The third-order valence-corrected chi connectivity index (χ3v) is 6.46. The number of benzene rings is 2. The smallest absolute Gasteiger partial charge is 0.237 e. The van der Waals surface area contributed by atoms with E-state index in [9.17, 15) is 4.79 Å². The molecule has 0 saturated heterocycles. The summed E-state index contributed by atoms with van der Waals surface area (Å²) in [6.45, 7) is 4.99. The van der Waals surface area contributed by atoms with E-state index in [1.807, 2.05) is 41.3 Å². The Labute approximate surface area is 164 Å². The van der Waals surface area contributed by atoms with Crippen molar-refractivity contribution in [3.63, 3.8) is 0 Å². The van der Waals surface area contributed by atoms with Crippen LogP contribution in [0.4, 0.5) is 5.69 Å². The van der Waals surface area contributed by atoms with Gasteiger partial charge >= 0.3 is 0 Å². The van der Waals surface area contributed by atoms with Crippen LogP contribution in [-0.4, -0.2) is 30.9 Å². The van der Waals surface area contributed by atoms with Crippen molar-refractivity contribution in [2.24, 2.45) is 0 Å². The number of thioether (sulfide) groups is 1. The number of hydrogen-bond acceptors (Lipinski definition) is 4. The molecule has 0 N–H and O–H groups in total. The number of methoxy groups -OCH3 is 1. The fourth-order valence-electron chi connectivity index (χ4n) is 3.89. The summed E-state index contributed by atoms with van der Waals surface area (Å²) in [5.74, 6) is 2.36. The first-order chi connectivity index (χ1) is 13.0. The van der Waals surface area contributed by atoms with Crippen molar-refractivity contribution in [2.75, 3.05) is 24.3 Å². The molecule has 2 aliphatic rings. The Morgan fingerprint density at radius 3 is 2.93 bits per heavy atom. The molecule has 1 unspecified atom stereocenters. The lowest BCUT2D eigenvalue weighted by atomic mass is 9.93. The van der Waals surface area contributed by atoms with Crippen molar-refractivity contribution in [1.29, 1.82) is 0 Å². The molecular formula is C22H25NO3S. The zero-order valence-electron chi connectivity index (χ0n) is 16.0. The molecular weight excluding hydrogens is 358 g/mol. The maximum absolute atomic E-state index is 12.9. The molecule has 2 aromatic carbocycles. The van der Waals surface area contributed by atoms with Crippen molar-refractivity contribution >= 4 is 23.4 Å². The predicted molar refractivity (Wildman–Crippen MR) is 110 cm³/mol. The van der Waals surface area contributed by atoms with Crippen LogP contribution in [0, 0.1) is 0 Å². The van der Waals surface area contributed by atoms with Gasteiger partial charge in [-0.1, -0.05) is 18.2 Å². The highest BCUT2D eigenvalue weighted by Crippen LogP contribution is 2.47. The second-order valence-electron chi connectivity index (χ2n) is 7.69. The molecule has 0 radical (unpaired) electrons. The molecule has 1 amide bonds. The lowest BCUT2D eigenvalue weighted by Crippen LogP contribution is -2.35. The minimum atomic E-state index is -0.247. The molecule has 2 aromatic rings. The fraction of sp³-hybridized carbons (Fsp3) is 0.409. The third kappa shape index (κ3) is 3.65. The number of carbonyl (C=O) groups is 1.